The number of halogens is 2. The number of fused-ring (bicyclic) bond motifs is 1. The summed E-state index contributed by atoms with van der Waals surface area (Å²) < 4.78 is 2.74. The molecule has 3 atom stereocenters. The first-order valence-corrected chi connectivity index (χ1v) is 11.4. The van der Waals surface area contributed by atoms with Crippen molar-refractivity contribution < 1.29 is 43.0 Å². The van der Waals surface area contributed by atoms with E-state index in [1.54, 1.807) is 0 Å². The van der Waals surface area contributed by atoms with E-state index in [4.69, 9.17) is 0 Å². The number of hydrogen-bond donors (Lipinski definition) is 0. The van der Waals surface area contributed by atoms with Crippen molar-refractivity contribution in [1.82, 2.24) is 3.38 Å². The second kappa shape index (κ2) is 8.19. The van der Waals surface area contributed by atoms with Gasteiger partial charge in [-0.25, -0.2) is 0 Å². The van der Waals surface area contributed by atoms with Crippen molar-refractivity contribution in [3.63, 3.8) is 0 Å². The molecule has 1 saturated carbocycles. The Balaban J connectivity index is 0.00000128. The van der Waals surface area contributed by atoms with Gasteiger partial charge >= 0.3 is 103 Å². The van der Waals surface area contributed by atoms with Crippen LogP contribution in [-0.2, 0) is 18.1 Å². The molecule has 3 unspecified atom stereocenters. The molecule has 0 aromatic carbocycles. The molecule has 0 aromatic heterocycles. The van der Waals surface area contributed by atoms with Crippen molar-refractivity contribution in [2.75, 3.05) is 7.05 Å². The van der Waals surface area contributed by atoms with Gasteiger partial charge in [-0.05, 0) is 0 Å². The van der Waals surface area contributed by atoms with Crippen molar-refractivity contribution in [1.29, 1.82) is 0 Å². The van der Waals surface area contributed by atoms with E-state index in [0.717, 1.165) is 17.9 Å². The second-order valence-electron chi connectivity index (χ2n) is 4.88. The Bertz CT molecular complexity index is 326. The molecule has 17 heavy (non-hydrogen) atoms. The van der Waals surface area contributed by atoms with Crippen molar-refractivity contribution in [2.45, 2.75) is 32.0 Å². The molecule has 0 amide bonds. The van der Waals surface area contributed by atoms with Crippen LogP contribution in [0.3, 0.4) is 0 Å². The minimum Gasteiger partial charge on any atom is -1.00 e. The van der Waals surface area contributed by atoms with E-state index in [1.165, 1.54) is 12.8 Å². The van der Waals surface area contributed by atoms with Gasteiger partial charge in [0, 0.05) is 0 Å². The van der Waals surface area contributed by atoms with Gasteiger partial charge in [0.25, 0.3) is 0 Å². The third kappa shape index (κ3) is 4.52. The fraction of sp³-hybridized carbons (Fsp3) is 0.667. The summed E-state index contributed by atoms with van der Waals surface area (Å²) in [7, 11) is 2.37. The van der Waals surface area contributed by atoms with Crippen LogP contribution in [0.2, 0.25) is 13.1 Å². The van der Waals surface area contributed by atoms with Crippen molar-refractivity contribution in [3.8, 4) is 0 Å². The van der Waals surface area contributed by atoms with E-state index in [0.29, 0.717) is 0 Å². The number of hydrogen-bond acceptors (Lipinski definition) is 1. The molecule has 0 N–H and O–H groups in total. The molecule has 0 saturated heterocycles. The van der Waals surface area contributed by atoms with Crippen LogP contribution in [0, 0.1) is 11.8 Å². The molecule has 0 heterocycles. The molecule has 5 heteroatoms. The normalized spacial score (nSPS) is 29.1. The van der Waals surface area contributed by atoms with E-state index in [1.807, 2.05) is 0 Å². The van der Waals surface area contributed by atoms with E-state index in [2.05, 4.69) is 47.8 Å². The molecular weight excluding hydrogens is 305 g/mol. The van der Waals surface area contributed by atoms with E-state index < -0.39 is 0 Å². The molecule has 0 bridgehead atoms. The standard InChI is InChI=1S/C10H14N.C2H6Si.2ClH.Ti/c1-11-10-7-6-8-4-2-3-5-9(8)10;1-3-2;;;/h2-5,8-10H,6-7H2,1H3;1-2H3;2*1H;/q-1;;;;+3/p-2. The molecule has 1 fully saturated rings. The van der Waals surface area contributed by atoms with Crippen LogP contribution in [-0.4, -0.2) is 22.7 Å². The monoisotopic (exact) mass is 324 g/mol. The first kappa shape index (κ1) is 18.0. The molecule has 0 spiro atoms. The Morgan fingerprint density at radius 2 is 1.76 bits per heavy atom. The van der Waals surface area contributed by atoms with Gasteiger partial charge in [-0.2, -0.15) is 0 Å². The summed E-state index contributed by atoms with van der Waals surface area (Å²) >= 11 is 0.197. The maximum Gasteiger partial charge on any atom is -1.00 e. The van der Waals surface area contributed by atoms with E-state index in [9.17, 15) is 0 Å². The number of rotatable bonds is 2. The van der Waals surface area contributed by atoms with Crippen molar-refractivity contribution in [2.24, 2.45) is 11.8 Å². The average Bonchev–Trinajstić information content (AvgIpc) is 2.59. The third-order valence-electron chi connectivity index (χ3n) is 3.43. The average molecular weight is 325 g/mol. The quantitative estimate of drug-likeness (QED) is 0.481. The minimum atomic E-state index is 0. The molecule has 0 radical (unpaired) electrons. The van der Waals surface area contributed by atoms with Crippen LogP contribution in [0.4, 0.5) is 0 Å². The summed E-state index contributed by atoms with van der Waals surface area (Å²) in [6.45, 7) is 4.93. The Kier molecular flexibility index (Phi) is 8.65. The van der Waals surface area contributed by atoms with Crippen LogP contribution >= 0.6 is 0 Å². The Hall–Kier alpha value is 0.951. The molecule has 0 aromatic rings. The number of allylic oxidation sites excluding steroid dienone is 3. The van der Waals surface area contributed by atoms with Gasteiger partial charge in [-0.15, -0.1) is 0 Å². The van der Waals surface area contributed by atoms with Gasteiger partial charge in [-0.1, -0.05) is 0 Å². The fourth-order valence-corrected chi connectivity index (χ4v) is 8.24. The zero-order valence-corrected chi connectivity index (χ0v) is 14.7. The minimum absolute atomic E-state index is 0. The molecule has 2 rings (SSSR count). The summed E-state index contributed by atoms with van der Waals surface area (Å²) in [4.78, 5) is 0. The summed E-state index contributed by atoms with van der Waals surface area (Å²) in [5.74, 6) is 1.67. The van der Waals surface area contributed by atoms with Crippen LogP contribution in [0.15, 0.2) is 24.3 Å². The molecule has 2 aliphatic rings. The molecule has 1 nitrogen and oxygen atoms in total. The van der Waals surface area contributed by atoms with Crippen LogP contribution < -0.4 is 24.8 Å². The molecule has 95 valence electrons. The second-order valence-corrected chi connectivity index (χ2v) is 13.9. The maximum atomic E-state index is 2.74. The SMILES string of the molecule is C[N]([Ti+2]=[Si](C)C)C1CCC2C=CC=CC21.[Cl-].[Cl-]. The Morgan fingerprint density at radius 3 is 2.41 bits per heavy atom. The van der Waals surface area contributed by atoms with Gasteiger partial charge in [0.05, 0.1) is 0 Å². The van der Waals surface area contributed by atoms with Crippen molar-refractivity contribution >= 4 is 6.19 Å². The van der Waals surface area contributed by atoms with Crippen LogP contribution in [0.1, 0.15) is 12.8 Å². The first-order chi connectivity index (χ1) is 7.18. The van der Waals surface area contributed by atoms with Crippen molar-refractivity contribution in [3.05, 3.63) is 24.3 Å². The molecular formula is C12H20Cl2NSiTi. The van der Waals surface area contributed by atoms with Gasteiger partial charge in [0.1, 0.15) is 0 Å². The van der Waals surface area contributed by atoms with E-state index in [-0.39, 0.29) is 49.1 Å². The largest absolute Gasteiger partial charge is 1.00 e. The maximum absolute atomic E-state index is 2.74. The van der Waals surface area contributed by atoms with Gasteiger partial charge in [-0.3, -0.25) is 0 Å². The van der Waals surface area contributed by atoms with Crippen LogP contribution in [0.25, 0.3) is 0 Å². The molecule has 2 aliphatic carbocycles. The van der Waals surface area contributed by atoms with Gasteiger partial charge < -0.3 is 24.8 Å². The van der Waals surface area contributed by atoms with Crippen LogP contribution in [0.5, 0.6) is 0 Å². The zero-order chi connectivity index (χ0) is 10.8. The predicted molar refractivity (Wildman–Crippen MR) is 63.5 cm³/mol. The third-order valence-corrected chi connectivity index (χ3v) is 8.50. The van der Waals surface area contributed by atoms with Gasteiger partial charge in [0.15, 0.2) is 0 Å². The summed E-state index contributed by atoms with van der Waals surface area (Å²) in [6, 6.07) is 0.857. The Morgan fingerprint density at radius 1 is 1.12 bits per heavy atom. The summed E-state index contributed by atoms with van der Waals surface area (Å²) in [6.07, 6.45) is 12.2. The Labute approximate surface area is 127 Å². The summed E-state index contributed by atoms with van der Waals surface area (Å²) in [5.41, 5.74) is 0. The summed E-state index contributed by atoms with van der Waals surface area (Å²) in [5, 5.41) is 0. The molecule has 0 aliphatic heterocycles. The zero-order valence-electron chi connectivity index (χ0n) is 10.7. The van der Waals surface area contributed by atoms with E-state index >= 15 is 0 Å². The first-order valence-electron chi connectivity index (χ1n) is 5.83. The number of nitrogens with zero attached hydrogens (tertiary/aromatic N) is 1. The smallest absolute Gasteiger partial charge is 1.00 e. The fourth-order valence-electron chi connectivity index (χ4n) is 2.82. The predicted octanol–water partition coefficient (Wildman–Crippen LogP) is -3.30. The van der Waals surface area contributed by atoms with Gasteiger partial charge in [0.2, 0.25) is 0 Å². The topological polar surface area (TPSA) is 3.24 Å².